The summed E-state index contributed by atoms with van der Waals surface area (Å²) in [7, 11) is 0. The quantitative estimate of drug-likeness (QED) is 0.822. The van der Waals surface area contributed by atoms with Gasteiger partial charge in [0.1, 0.15) is 5.82 Å². The molecule has 2 heterocycles. The van der Waals surface area contributed by atoms with Gasteiger partial charge < -0.3 is 15.1 Å². The van der Waals surface area contributed by atoms with Crippen molar-refractivity contribution in [1.82, 2.24) is 14.9 Å². The SMILES string of the molecule is CCC(CC)C(=O)N1CCN(c2cc(C)nc(Nc3ccc(C)cc3)n2)CC1. The van der Waals surface area contributed by atoms with Gasteiger partial charge in [-0.3, -0.25) is 4.79 Å². The molecular weight excluding hydrogens is 350 g/mol. The molecule has 1 aliphatic heterocycles. The van der Waals surface area contributed by atoms with E-state index in [2.05, 4.69) is 48.1 Å². The maximum absolute atomic E-state index is 12.6. The number of amides is 1. The van der Waals surface area contributed by atoms with Crippen LogP contribution >= 0.6 is 0 Å². The van der Waals surface area contributed by atoms with Crippen molar-refractivity contribution < 1.29 is 4.79 Å². The Morgan fingerprint density at radius 2 is 1.68 bits per heavy atom. The summed E-state index contributed by atoms with van der Waals surface area (Å²) in [6, 6.07) is 10.2. The second-order valence-electron chi connectivity index (χ2n) is 7.51. The smallest absolute Gasteiger partial charge is 0.229 e. The van der Waals surface area contributed by atoms with Crippen molar-refractivity contribution in [3.63, 3.8) is 0 Å². The molecule has 28 heavy (non-hydrogen) atoms. The summed E-state index contributed by atoms with van der Waals surface area (Å²) in [5.41, 5.74) is 3.12. The summed E-state index contributed by atoms with van der Waals surface area (Å²) in [6.45, 7) is 11.3. The van der Waals surface area contributed by atoms with Gasteiger partial charge in [0, 0.05) is 49.5 Å². The van der Waals surface area contributed by atoms with Crippen molar-refractivity contribution in [3.8, 4) is 0 Å². The van der Waals surface area contributed by atoms with E-state index in [-0.39, 0.29) is 5.92 Å². The molecule has 1 fully saturated rings. The van der Waals surface area contributed by atoms with E-state index in [9.17, 15) is 4.79 Å². The molecule has 1 saturated heterocycles. The molecule has 0 saturated carbocycles. The lowest BCUT2D eigenvalue weighted by atomic mass is 10.0. The minimum absolute atomic E-state index is 0.151. The van der Waals surface area contributed by atoms with Gasteiger partial charge in [0.05, 0.1) is 0 Å². The lowest BCUT2D eigenvalue weighted by Gasteiger charge is -2.37. The minimum Gasteiger partial charge on any atom is -0.353 e. The van der Waals surface area contributed by atoms with Gasteiger partial charge in [-0.2, -0.15) is 4.98 Å². The van der Waals surface area contributed by atoms with Crippen LogP contribution in [0.3, 0.4) is 0 Å². The number of hydrogen-bond donors (Lipinski definition) is 1. The van der Waals surface area contributed by atoms with Gasteiger partial charge in [0.2, 0.25) is 11.9 Å². The summed E-state index contributed by atoms with van der Waals surface area (Å²) in [6.07, 6.45) is 1.82. The van der Waals surface area contributed by atoms with Crippen LogP contribution in [-0.2, 0) is 4.79 Å². The molecule has 1 aromatic heterocycles. The third-order valence-electron chi connectivity index (χ3n) is 5.40. The topological polar surface area (TPSA) is 61.4 Å². The number of aromatic nitrogens is 2. The Morgan fingerprint density at radius 1 is 1.04 bits per heavy atom. The van der Waals surface area contributed by atoms with Crippen molar-refractivity contribution in [3.05, 3.63) is 41.6 Å². The number of carbonyl (C=O) groups is 1. The number of carbonyl (C=O) groups excluding carboxylic acids is 1. The molecule has 0 radical (unpaired) electrons. The van der Waals surface area contributed by atoms with E-state index >= 15 is 0 Å². The van der Waals surface area contributed by atoms with Crippen molar-refractivity contribution >= 4 is 23.4 Å². The van der Waals surface area contributed by atoms with Crippen LogP contribution in [0.5, 0.6) is 0 Å². The van der Waals surface area contributed by atoms with Crippen molar-refractivity contribution in [2.24, 2.45) is 5.92 Å². The Labute approximate surface area is 168 Å². The second kappa shape index (κ2) is 9.04. The van der Waals surface area contributed by atoms with Crippen molar-refractivity contribution in [1.29, 1.82) is 0 Å². The van der Waals surface area contributed by atoms with E-state index in [1.807, 2.05) is 30.0 Å². The second-order valence-corrected chi connectivity index (χ2v) is 7.51. The Morgan fingerprint density at radius 3 is 2.29 bits per heavy atom. The zero-order valence-corrected chi connectivity index (χ0v) is 17.4. The fraction of sp³-hybridized carbons (Fsp3) is 0.500. The number of piperazine rings is 1. The first kappa shape index (κ1) is 20.1. The zero-order valence-electron chi connectivity index (χ0n) is 17.4. The number of anilines is 3. The monoisotopic (exact) mass is 381 g/mol. The molecule has 0 atom stereocenters. The number of benzene rings is 1. The molecular formula is C22H31N5O. The summed E-state index contributed by atoms with van der Waals surface area (Å²) in [5, 5.41) is 3.30. The maximum atomic E-state index is 12.6. The molecule has 0 spiro atoms. The van der Waals surface area contributed by atoms with Gasteiger partial charge in [-0.15, -0.1) is 0 Å². The molecule has 6 nitrogen and oxygen atoms in total. The van der Waals surface area contributed by atoms with E-state index < -0.39 is 0 Å². The summed E-state index contributed by atoms with van der Waals surface area (Å²) in [4.78, 5) is 26.1. The third-order valence-corrected chi connectivity index (χ3v) is 5.40. The summed E-state index contributed by atoms with van der Waals surface area (Å²) >= 11 is 0. The van der Waals surface area contributed by atoms with E-state index in [1.165, 1.54) is 5.56 Å². The molecule has 1 amide bonds. The van der Waals surface area contributed by atoms with Crippen LogP contribution in [0.15, 0.2) is 30.3 Å². The number of nitrogens with zero attached hydrogens (tertiary/aromatic N) is 4. The standard InChI is InChI=1S/C22H31N5O/c1-5-18(6-2)21(28)27-13-11-26(12-14-27)20-15-17(4)23-22(25-20)24-19-9-7-16(3)8-10-19/h7-10,15,18H,5-6,11-14H2,1-4H3,(H,23,24,25). The molecule has 0 unspecified atom stereocenters. The van der Waals surface area contributed by atoms with Gasteiger partial charge in [-0.05, 0) is 38.8 Å². The van der Waals surface area contributed by atoms with Crippen molar-refractivity contribution in [2.75, 3.05) is 36.4 Å². The predicted octanol–water partition coefficient (Wildman–Crippen LogP) is 3.92. The molecule has 1 aromatic carbocycles. The first-order chi connectivity index (χ1) is 13.5. The Kier molecular flexibility index (Phi) is 6.49. The van der Waals surface area contributed by atoms with E-state index in [4.69, 9.17) is 4.98 Å². The zero-order chi connectivity index (χ0) is 20.1. The summed E-state index contributed by atoms with van der Waals surface area (Å²) < 4.78 is 0. The fourth-order valence-electron chi connectivity index (χ4n) is 3.59. The van der Waals surface area contributed by atoms with E-state index in [0.717, 1.165) is 56.2 Å². The van der Waals surface area contributed by atoms with Crippen LogP contribution in [-0.4, -0.2) is 47.0 Å². The normalized spacial score (nSPS) is 14.5. The van der Waals surface area contributed by atoms with Gasteiger partial charge in [0.15, 0.2) is 0 Å². The van der Waals surface area contributed by atoms with Crippen LogP contribution in [0, 0.1) is 19.8 Å². The molecule has 1 aliphatic rings. The molecule has 6 heteroatoms. The number of aryl methyl sites for hydroxylation is 2. The van der Waals surface area contributed by atoms with E-state index in [0.29, 0.717) is 11.9 Å². The molecule has 0 bridgehead atoms. The van der Waals surface area contributed by atoms with Crippen LogP contribution in [0.2, 0.25) is 0 Å². The van der Waals surface area contributed by atoms with Crippen LogP contribution in [0.1, 0.15) is 37.9 Å². The molecule has 1 N–H and O–H groups in total. The van der Waals surface area contributed by atoms with Crippen LogP contribution in [0.25, 0.3) is 0 Å². The Hall–Kier alpha value is -2.63. The Balaban J connectivity index is 1.67. The molecule has 2 aromatic rings. The average Bonchev–Trinajstić information content (AvgIpc) is 2.70. The van der Waals surface area contributed by atoms with Crippen LogP contribution < -0.4 is 10.2 Å². The number of rotatable bonds is 6. The molecule has 0 aliphatic carbocycles. The van der Waals surface area contributed by atoms with Gasteiger partial charge >= 0.3 is 0 Å². The van der Waals surface area contributed by atoms with Crippen LogP contribution in [0.4, 0.5) is 17.5 Å². The first-order valence-electron chi connectivity index (χ1n) is 10.2. The lowest BCUT2D eigenvalue weighted by Crippen LogP contribution is -2.50. The highest BCUT2D eigenvalue weighted by molar-refractivity contribution is 5.79. The van der Waals surface area contributed by atoms with Crippen molar-refractivity contribution in [2.45, 2.75) is 40.5 Å². The largest absolute Gasteiger partial charge is 0.353 e. The van der Waals surface area contributed by atoms with Gasteiger partial charge in [0.25, 0.3) is 0 Å². The summed E-state index contributed by atoms with van der Waals surface area (Å²) in [5.74, 6) is 1.97. The third kappa shape index (κ3) is 4.80. The number of hydrogen-bond acceptors (Lipinski definition) is 5. The lowest BCUT2D eigenvalue weighted by molar-refractivity contribution is -0.136. The van der Waals surface area contributed by atoms with Gasteiger partial charge in [-0.25, -0.2) is 4.98 Å². The first-order valence-corrected chi connectivity index (χ1v) is 10.2. The highest BCUT2D eigenvalue weighted by Gasteiger charge is 2.26. The number of nitrogens with one attached hydrogen (secondary N) is 1. The highest BCUT2D eigenvalue weighted by atomic mass is 16.2. The maximum Gasteiger partial charge on any atom is 0.229 e. The highest BCUT2D eigenvalue weighted by Crippen LogP contribution is 2.21. The minimum atomic E-state index is 0.151. The van der Waals surface area contributed by atoms with Gasteiger partial charge in [-0.1, -0.05) is 31.5 Å². The Bertz CT molecular complexity index is 793. The molecule has 3 rings (SSSR count). The molecule has 150 valence electrons. The van der Waals surface area contributed by atoms with E-state index in [1.54, 1.807) is 0 Å². The predicted molar refractivity (Wildman–Crippen MR) is 114 cm³/mol. The average molecular weight is 382 g/mol. The fourth-order valence-corrected chi connectivity index (χ4v) is 3.59.